The number of hydrogen-bond acceptors (Lipinski definition) is 3. The van der Waals surface area contributed by atoms with Gasteiger partial charge >= 0.3 is 228 Å². The maximum atomic E-state index is 6.59. The number of aromatic nitrogens is 5. The van der Waals surface area contributed by atoms with E-state index in [0.29, 0.717) is 11.5 Å². The number of pyridine rings is 2. The van der Waals surface area contributed by atoms with E-state index in [-0.39, 0.29) is 16.2 Å². The topological polar surface area (TPSA) is 49.8 Å². The maximum absolute atomic E-state index is 6.59. The van der Waals surface area contributed by atoms with Gasteiger partial charge in [0.1, 0.15) is 0 Å². The Labute approximate surface area is 321 Å². The van der Waals surface area contributed by atoms with E-state index >= 15 is 0 Å². The third-order valence-corrected chi connectivity index (χ3v) is 13.5. The summed E-state index contributed by atoms with van der Waals surface area (Å²) in [5.41, 5.74) is 11.2. The second-order valence-corrected chi connectivity index (χ2v) is 17.0. The van der Waals surface area contributed by atoms with Crippen LogP contribution in [-0.4, -0.2) is 23.7 Å². The van der Waals surface area contributed by atoms with Gasteiger partial charge < -0.3 is 0 Å². The Morgan fingerprint density at radius 1 is 0.679 bits per heavy atom. The summed E-state index contributed by atoms with van der Waals surface area (Å²) < 4.78 is 14.3. The number of aryl methyl sites for hydroxylation is 2. The molecule has 4 heterocycles. The Hall–Kier alpha value is -5.06. The van der Waals surface area contributed by atoms with E-state index in [1.54, 1.807) is 6.20 Å². The third kappa shape index (κ3) is 4.84. The molecular formula is C46H41N5OPt-2. The molecule has 4 aromatic carbocycles. The second-order valence-electron chi connectivity index (χ2n) is 16.0. The van der Waals surface area contributed by atoms with Gasteiger partial charge in [-0.05, 0) is 40.4 Å². The fourth-order valence-electron chi connectivity index (χ4n) is 8.48. The normalized spacial score (nSPS) is 15.7. The summed E-state index contributed by atoms with van der Waals surface area (Å²) in [6.07, 6.45) is 5.43. The number of fused-ring (bicyclic) bond motifs is 6. The van der Waals surface area contributed by atoms with Crippen LogP contribution >= 0.6 is 0 Å². The van der Waals surface area contributed by atoms with Crippen molar-refractivity contribution in [3.63, 3.8) is 0 Å². The van der Waals surface area contributed by atoms with Gasteiger partial charge in [0, 0.05) is 6.20 Å². The number of imidazole rings is 1. The van der Waals surface area contributed by atoms with Crippen LogP contribution in [0.2, 0.25) is 0 Å². The molecule has 0 spiro atoms. The fourth-order valence-corrected chi connectivity index (χ4v) is 9.60. The van der Waals surface area contributed by atoms with Crippen molar-refractivity contribution in [3.8, 4) is 28.7 Å². The molecule has 0 saturated carbocycles. The summed E-state index contributed by atoms with van der Waals surface area (Å²) in [6, 6.07) is 37.2. The Morgan fingerprint density at radius 2 is 1.42 bits per heavy atom. The van der Waals surface area contributed by atoms with E-state index < -0.39 is 0 Å². The van der Waals surface area contributed by atoms with E-state index in [4.69, 9.17) is 9.72 Å². The molecule has 1 aliphatic carbocycles. The van der Waals surface area contributed by atoms with Crippen LogP contribution in [0.1, 0.15) is 63.8 Å². The molecule has 0 N–H and O–H groups in total. The molecule has 0 unspecified atom stereocenters. The van der Waals surface area contributed by atoms with Crippen molar-refractivity contribution in [2.24, 2.45) is 5.41 Å². The van der Waals surface area contributed by atoms with Crippen LogP contribution < -0.4 is 4.74 Å². The van der Waals surface area contributed by atoms with Gasteiger partial charge in [0.05, 0.1) is 0 Å². The number of hydrogen-bond donors (Lipinski definition) is 0. The third-order valence-electron chi connectivity index (χ3n) is 12.5. The van der Waals surface area contributed by atoms with Crippen molar-refractivity contribution in [1.82, 2.24) is 23.7 Å². The van der Waals surface area contributed by atoms with Crippen molar-refractivity contribution in [2.75, 3.05) is 0 Å². The number of para-hydroxylation sites is 2. The first-order valence-corrected chi connectivity index (χ1v) is 19.2. The van der Waals surface area contributed by atoms with E-state index in [2.05, 4.69) is 178 Å². The summed E-state index contributed by atoms with van der Waals surface area (Å²) in [4.78, 5) is 9.50. The first-order valence-electron chi connectivity index (χ1n) is 18.1. The molecule has 268 valence electrons. The van der Waals surface area contributed by atoms with Crippen molar-refractivity contribution in [1.29, 1.82) is 0 Å². The Morgan fingerprint density at radius 3 is 2.15 bits per heavy atom. The molecule has 0 radical (unpaired) electrons. The zero-order valence-electron chi connectivity index (χ0n) is 31.3. The molecule has 0 atom stereocenters. The van der Waals surface area contributed by atoms with Crippen LogP contribution in [0.3, 0.4) is 0 Å². The molecule has 53 heavy (non-hydrogen) atoms. The van der Waals surface area contributed by atoms with Crippen LogP contribution in [-0.2, 0) is 30.2 Å². The molecule has 0 fully saturated rings. The van der Waals surface area contributed by atoms with Gasteiger partial charge in [0.15, 0.2) is 0 Å². The van der Waals surface area contributed by atoms with Gasteiger partial charge in [0.25, 0.3) is 0 Å². The minimum atomic E-state index is -0.0848. The second kappa shape index (κ2) is 11.7. The van der Waals surface area contributed by atoms with Gasteiger partial charge in [-0.3, -0.25) is 0 Å². The van der Waals surface area contributed by atoms with Gasteiger partial charge in [0.2, 0.25) is 0 Å². The SMILES string of the molecule is Cc1ccc(-n2[c](=[Pt])n(-c3[c-]c(Oc4[c-]c5c(cc4)c4c6c(ccc4n5-c4cc(C)ccn4)C(C)(C)C(C)(C)C6(C)C)cnc3)c3ccccc32)cc1. The van der Waals surface area contributed by atoms with Crippen LogP contribution in [0.25, 0.3) is 50.0 Å². The van der Waals surface area contributed by atoms with Gasteiger partial charge in [-0.25, -0.2) is 0 Å². The Balaban J connectivity index is 1.20. The zero-order chi connectivity index (χ0) is 37.0. The van der Waals surface area contributed by atoms with E-state index in [1.807, 2.05) is 24.5 Å². The Bertz CT molecular complexity index is 2830. The molecule has 0 aliphatic heterocycles. The summed E-state index contributed by atoms with van der Waals surface area (Å²) in [5.74, 6) is 1.96. The predicted octanol–water partition coefficient (Wildman–Crippen LogP) is 11.0. The van der Waals surface area contributed by atoms with Crippen molar-refractivity contribution in [2.45, 2.75) is 66.2 Å². The van der Waals surface area contributed by atoms with Crippen molar-refractivity contribution < 1.29 is 24.1 Å². The summed E-state index contributed by atoms with van der Waals surface area (Å²) >= 11 is 2.39. The average Bonchev–Trinajstić information content (AvgIpc) is 3.65. The molecule has 0 bridgehead atoms. The Kier molecular flexibility index (Phi) is 7.46. The summed E-state index contributed by atoms with van der Waals surface area (Å²) in [7, 11) is 0. The molecule has 8 aromatic rings. The van der Waals surface area contributed by atoms with Crippen LogP contribution in [0.5, 0.6) is 11.5 Å². The average molecular weight is 875 g/mol. The van der Waals surface area contributed by atoms with Crippen molar-refractivity contribution >= 4 is 32.8 Å². The summed E-state index contributed by atoms with van der Waals surface area (Å²) in [5, 5.41) is 2.40. The quantitative estimate of drug-likeness (QED) is 0.162. The van der Waals surface area contributed by atoms with E-state index in [0.717, 1.165) is 54.0 Å². The summed E-state index contributed by atoms with van der Waals surface area (Å²) in [6.45, 7) is 18.6. The van der Waals surface area contributed by atoms with Crippen molar-refractivity contribution in [3.05, 3.63) is 142 Å². The van der Waals surface area contributed by atoms with Gasteiger partial charge in [-0.1, -0.05) is 47.6 Å². The number of nitrogens with zero attached hydrogens (tertiary/aromatic N) is 5. The molecule has 6 nitrogen and oxygen atoms in total. The number of benzene rings is 4. The van der Waals surface area contributed by atoms with Gasteiger partial charge in [-0.2, -0.15) is 0 Å². The molecular weight excluding hydrogens is 834 g/mol. The fraction of sp³-hybridized carbons (Fsp3) is 0.239. The monoisotopic (exact) mass is 874 g/mol. The van der Waals surface area contributed by atoms with Crippen LogP contribution in [0, 0.1) is 35.2 Å². The van der Waals surface area contributed by atoms with E-state index in [9.17, 15) is 0 Å². The van der Waals surface area contributed by atoms with E-state index in [1.165, 1.54) is 22.1 Å². The van der Waals surface area contributed by atoms with Crippen LogP contribution in [0.15, 0.2) is 104 Å². The first-order chi connectivity index (χ1) is 25.3. The van der Waals surface area contributed by atoms with Gasteiger partial charge in [-0.15, -0.1) is 0 Å². The molecule has 4 aromatic heterocycles. The van der Waals surface area contributed by atoms with Crippen LogP contribution in [0.4, 0.5) is 0 Å². The molecule has 9 rings (SSSR count). The molecule has 7 heteroatoms. The number of rotatable bonds is 5. The molecule has 0 saturated heterocycles. The first kappa shape index (κ1) is 33.8. The molecule has 0 amide bonds. The molecule has 1 aliphatic rings. The zero-order valence-corrected chi connectivity index (χ0v) is 33.5. The predicted molar refractivity (Wildman–Crippen MR) is 209 cm³/mol. The standard InChI is InChI=1S/C46H41N5O.Pt/c1-29-13-15-31(16-14-29)49-28-50(38-12-10-9-11-37(38)49)32-24-34(27-47-26-32)52-33-17-18-35-40(25-33)51(41-23-30(2)21-22-48-41)39-20-19-36-43(42(35)39)45(5,6)46(7,8)44(36,3)4;/h9-23,26-27H,1-8H3;/q-2;. The minimum absolute atomic E-state index is 0.0149. The number of ether oxygens (including phenoxy) is 1.